The summed E-state index contributed by atoms with van der Waals surface area (Å²) in [5, 5.41) is 1.01. The lowest BCUT2D eigenvalue weighted by molar-refractivity contribution is 0.0542. The van der Waals surface area contributed by atoms with Crippen molar-refractivity contribution in [3.8, 4) is 5.75 Å². The van der Waals surface area contributed by atoms with E-state index in [9.17, 15) is 9.59 Å². The molecule has 2 aliphatic rings. The lowest BCUT2D eigenvalue weighted by Gasteiger charge is -2.41. The lowest BCUT2D eigenvalue weighted by atomic mass is 9.79. The first-order valence-corrected chi connectivity index (χ1v) is 14.9. The number of hydrogen-bond acceptors (Lipinski definition) is 6. The van der Waals surface area contributed by atoms with Gasteiger partial charge in [0.2, 0.25) is 0 Å². The van der Waals surface area contributed by atoms with Crippen molar-refractivity contribution >= 4 is 23.0 Å². The predicted molar refractivity (Wildman–Crippen MR) is 161 cm³/mol. The molecule has 1 aliphatic heterocycles. The van der Waals surface area contributed by atoms with Crippen LogP contribution in [0.25, 0.3) is 10.9 Å². The van der Waals surface area contributed by atoms with Gasteiger partial charge in [-0.3, -0.25) is 9.47 Å². The predicted octanol–water partition coefficient (Wildman–Crippen LogP) is 7.38. The Morgan fingerprint density at radius 2 is 1.78 bits per heavy atom. The number of carbonyl (C=O) groups is 2. The highest BCUT2D eigenvalue weighted by Crippen LogP contribution is 2.42. The molecule has 0 radical (unpaired) electrons. The number of piperidine rings is 1. The molecule has 7 heteroatoms. The van der Waals surface area contributed by atoms with Gasteiger partial charge in [0.05, 0.1) is 25.3 Å². The maximum Gasteiger partial charge on any atom is 0.419 e. The first-order chi connectivity index (χ1) is 19.5. The molecule has 2 heterocycles. The Morgan fingerprint density at radius 3 is 2.46 bits per heavy atom. The van der Waals surface area contributed by atoms with Crippen LogP contribution in [0.5, 0.6) is 5.75 Å². The molecule has 2 atom stereocenters. The van der Waals surface area contributed by atoms with Crippen LogP contribution in [-0.2, 0) is 28.9 Å². The number of hydrogen-bond donors (Lipinski definition) is 0. The zero-order valence-corrected chi connectivity index (χ0v) is 25.6. The van der Waals surface area contributed by atoms with Crippen molar-refractivity contribution in [3.05, 3.63) is 63.8 Å². The number of esters is 1. The first-order valence-electron chi connectivity index (χ1n) is 14.9. The van der Waals surface area contributed by atoms with E-state index in [0.717, 1.165) is 72.8 Å². The van der Waals surface area contributed by atoms with Crippen LogP contribution in [0.3, 0.4) is 0 Å². The topological polar surface area (TPSA) is 70.0 Å². The number of benzene rings is 2. The smallest absolute Gasteiger partial charge is 0.419 e. The van der Waals surface area contributed by atoms with E-state index < -0.39 is 5.60 Å². The second kappa shape index (κ2) is 11.5. The number of aryl methyl sites for hydroxylation is 1. The Bertz CT molecular complexity index is 1460. The van der Waals surface area contributed by atoms with E-state index in [4.69, 9.17) is 14.2 Å². The van der Waals surface area contributed by atoms with Crippen LogP contribution in [0, 0.1) is 12.8 Å². The Hall–Kier alpha value is -3.32. The molecule has 0 spiro atoms. The minimum absolute atomic E-state index is 0.228. The summed E-state index contributed by atoms with van der Waals surface area (Å²) in [7, 11) is 3.18. The number of methoxy groups -OCH3 is 2. The molecular weight excluding hydrogens is 516 g/mol. The fourth-order valence-corrected chi connectivity index (χ4v) is 6.79. The van der Waals surface area contributed by atoms with Gasteiger partial charge in [-0.25, -0.2) is 9.59 Å². The van der Waals surface area contributed by atoms with Crippen molar-refractivity contribution in [3.63, 3.8) is 0 Å². The van der Waals surface area contributed by atoms with Crippen molar-refractivity contribution in [2.45, 2.75) is 91.3 Å². The van der Waals surface area contributed by atoms with Gasteiger partial charge in [-0.2, -0.15) is 0 Å². The Kier molecular flexibility index (Phi) is 8.20. The third-order valence-electron chi connectivity index (χ3n) is 8.71. The van der Waals surface area contributed by atoms with E-state index in [2.05, 4.69) is 17.9 Å². The average molecular weight is 561 g/mol. The van der Waals surface area contributed by atoms with Crippen LogP contribution in [0.4, 0.5) is 4.79 Å². The maximum atomic E-state index is 13.1. The van der Waals surface area contributed by atoms with Crippen LogP contribution in [0.1, 0.15) is 97.6 Å². The minimum Gasteiger partial charge on any atom is -0.496 e. The number of ether oxygens (including phenoxy) is 3. The van der Waals surface area contributed by atoms with Gasteiger partial charge in [-0.1, -0.05) is 13.0 Å². The maximum absolute atomic E-state index is 13.1. The van der Waals surface area contributed by atoms with E-state index in [1.165, 1.54) is 23.8 Å². The SMILES string of the molecule is COC(=O)c1ccc([C@H]2C[C@H](C)CCN2Cc2c(OC)cc(C)c3c2ccn3C(=O)OC(C)(C)C)c2c1CCCC2. The van der Waals surface area contributed by atoms with Crippen LogP contribution >= 0.6 is 0 Å². The van der Waals surface area contributed by atoms with Gasteiger partial charge in [0.15, 0.2) is 0 Å². The molecule has 1 fully saturated rings. The number of likely N-dealkylation sites (tertiary alicyclic amines) is 1. The lowest BCUT2D eigenvalue weighted by Crippen LogP contribution is -2.37. The van der Waals surface area contributed by atoms with Crippen LogP contribution in [-0.4, -0.2) is 47.9 Å². The zero-order valence-electron chi connectivity index (χ0n) is 25.6. The third-order valence-corrected chi connectivity index (χ3v) is 8.71. The van der Waals surface area contributed by atoms with Gasteiger partial charge < -0.3 is 14.2 Å². The molecule has 220 valence electrons. The monoisotopic (exact) mass is 560 g/mol. The third kappa shape index (κ3) is 5.74. The Morgan fingerprint density at radius 1 is 1.05 bits per heavy atom. The van der Waals surface area contributed by atoms with Crippen molar-refractivity contribution < 1.29 is 23.8 Å². The summed E-state index contributed by atoms with van der Waals surface area (Å²) in [4.78, 5) is 28.3. The van der Waals surface area contributed by atoms with Crippen molar-refractivity contribution in [2.24, 2.45) is 5.92 Å². The van der Waals surface area contributed by atoms with E-state index in [0.29, 0.717) is 18.0 Å². The van der Waals surface area contributed by atoms with Crippen LogP contribution in [0.15, 0.2) is 30.5 Å². The van der Waals surface area contributed by atoms with Gasteiger partial charge in [0, 0.05) is 29.7 Å². The molecule has 1 aromatic heterocycles. The molecule has 1 saturated heterocycles. The van der Waals surface area contributed by atoms with Crippen molar-refractivity contribution in [1.82, 2.24) is 9.47 Å². The molecule has 3 aromatic rings. The number of nitrogens with zero attached hydrogens (tertiary/aromatic N) is 2. The second-order valence-electron chi connectivity index (χ2n) is 12.8. The summed E-state index contributed by atoms with van der Waals surface area (Å²) in [6.07, 6.45) is 7.75. The van der Waals surface area contributed by atoms with Crippen molar-refractivity contribution in [1.29, 1.82) is 0 Å². The summed E-state index contributed by atoms with van der Waals surface area (Å²) < 4.78 is 18.4. The quantitative estimate of drug-likeness (QED) is 0.303. The minimum atomic E-state index is -0.586. The molecule has 41 heavy (non-hydrogen) atoms. The normalized spacial score (nSPS) is 19.6. The summed E-state index contributed by atoms with van der Waals surface area (Å²) in [5.41, 5.74) is 6.87. The molecule has 2 aromatic carbocycles. The van der Waals surface area contributed by atoms with Gasteiger partial charge in [-0.15, -0.1) is 0 Å². The largest absolute Gasteiger partial charge is 0.496 e. The summed E-state index contributed by atoms with van der Waals surface area (Å²) in [6.45, 7) is 11.7. The molecule has 0 saturated carbocycles. The molecular formula is C34H44N2O5. The Balaban J connectivity index is 1.57. The fraction of sp³-hybridized carbons (Fsp3) is 0.529. The van der Waals surface area contributed by atoms with E-state index in [1.807, 2.05) is 52.1 Å². The molecule has 5 rings (SSSR count). The highest BCUT2D eigenvalue weighted by molar-refractivity contribution is 5.95. The van der Waals surface area contributed by atoms with Gasteiger partial charge in [0.25, 0.3) is 0 Å². The number of fused-ring (bicyclic) bond motifs is 2. The summed E-state index contributed by atoms with van der Waals surface area (Å²) in [6, 6.07) is 8.43. The molecule has 0 N–H and O–H groups in total. The molecule has 7 nitrogen and oxygen atoms in total. The van der Waals surface area contributed by atoms with Gasteiger partial charge in [-0.05, 0) is 119 Å². The Labute approximate surface area is 243 Å². The van der Waals surface area contributed by atoms with Gasteiger partial charge in [0.1, 0.15) is 11.4 Å². The molecule has 1 aliphatic carbocycles. The number of aromatic nitrogens is 1. The second-order valence-corrected chi connectivity index (χ2v) is 12.8. The molecule has 0 bridgehead atoms. The van der Waals surface area contributed by atoms with E-state index >= 15 is 0 Å². The van der Waals surface area contributed by atoms with Gasteiger partial charge >= 0.3 is 12.1 Å². The highest BCUT2D eigenvalue weighted by atomic mass is 16.6. The average Bonchev–Trinajstić information content (AvgIpc) is 3.39. The molecule has 0 amide bonds. The van der Waals surface area contributed by atoms with E-state index in [-0.39, 0.29) is 18.1 Å². The van der Waals surface area contributed by atoms with Crippen molar-refractivity contribution in [2.75, 3.05) is 20.8 Å². The molecule has 0 unspecified atom stereocenters. The first kappa shape index (κ1) is 29.2. The van der Waals surface area contributed by atoms with E-state index in [1.54, 1.807) is 11.7 Å². The summed E-state index contributed by atoms with van der Waals surface area (Å²) >= 11 is 0. The van der Waals surface area contributed by atoms with Crippen LogP contribution in [0.2, 0.25) is 0 Å². The standard InChI is InChI=1S/C34H44N2O5/c1-21-14-16-35(29(18-21)25-12-13-27(32(37)40-7)24-11-9-8-10-23(24)25)20-28-26-15-17-36(33(38)41-34(3,4)5)31(26)22(2)19-30(28)39-6/h12-13,15,17,19,21,29H,8-11,14,16,18,20H2,1-7H3/t21-,29-/m1/s1. The summed E-state index contributed by atoms with van der Waals surface area (Å²) in [5.74, 6) is 1.19. The zero-order chi connectivity index (χ0) is 29.5. The number of carbonyl (C=O) groups excluding carboxylic acids is 2. The number of rotatable bonds is 5. The highest BCUT2D eigenvalue weighted by Gasteiger charge is 2.33. The fourth-order valence-electron chi connectivity index (χ4n) is 6.79. The van der Waals surface area contributed by atoms with Crippen LogP contribution < -0.4 is 4.74 Å².